The Balaban J connectivity index is 1.24. The zero-order valence-electron chi connectivity index (χ0n) is 15.1. The van der Waals surface area contributed by atoms with E-state index in [1.54, 1.807) is 0 Å². The molecule has 142 valence electrons. The minimum atomic E-state index is 0.00151. The van der Waals surface area contributed by atoms with Crippen molar-refractivity contribution in [3.8, 4) is 11.5 Å². The molecular weight excluding hydrogens is 334 g/mol. The van der Waals surface area contributed by atoms with Gasteiger partial charge in [-0.3, -0.25) is 4.90 Å². The van der Waals surface area contributed by atoms with Crippen molar-refractivity contribution in [3.05, 3.63) is 23.8 Å². The minimum absolute atomic E-state index is 0.00151. The molecule has 4 rings (SSSR count). The summed E-state index contributed by atoms with van der Waals surface area (Å²) in [5, 5.41) is 3.02. The smallest absolute Gasteiger partial charge is 0.317 e. The topological polar surface area (TPSA) is 63.3 Å². The van der Waals surface area contributed by atoms with Gasteiger partial charge in [-0.2, -0.15) is 0 Å². The Morgan fingerprint density at radius 1 is 1.12 bits per heavy atom. The van der Waals surface area contributed by atoms with E-state index in [-0.39, 0.29) is 12.8 Å². The summed E-state index contributed by atoms with van der Waals surface area (Å²) in [6, 6.07) is 5.77. The molecule has 3 aliphatic rings. The van der Waals surface area contributed by atoms with Crippen molar-refractivity contribution in [1.82, 2.24) is 15.1 Å². The second kappa shape index (κ2) is 8.14. The van der Waals surface area contributed by atoms with E-state index in [1.165, 1.54) is 6.42 Å². The molecule has 7 nitrogen and oxygen atoms in total. The lowest BCUT2D eigenvalue weighted by atomic mass is 10.2. The quantitative estimate of drug-likeness (QED) is 0.886. The third-order valence-electron chi connectivity index (χ3n) is 5.24. The van der Waals surface area contributed by atoms with Crippen LogP contribution in [0, 0.1) is 0 Å². The summed E-state index contributed by atoms with van der Waals surface area (Å²) in [7, 11) is 0. The number of nitrogens with one attached hydrogen (secondary N) is 1. The maximum atomic E-state index is 12.5. The molecule has 0 aromatic heterocycles. The monoisotopic (exact) mass is 361 g/mol. The van der Waals surface area contributed by atoms with Gasteiger partial charge in [0.1, 0.15) is 0 Å². The molecular formula is C19H27N3O4. The number of fused-ring (bicyclic) bond motifs is 1. The fourth-order valence-corrected chi connectivity index (χ4v) is 3.77. The highest BCUT2D eigenvalue weighted by atomic mass is 16.7. The molecule has 1 aromatic carbocycles. The molecule has 1 aromatic rings. The fraction of sp³-hybridized carbons (Fsp3) is 0.632. The molecule has 0 radical (unpaired) electrons. The van der Waals surface area contributed by atoms with Crippen molar-refractivity contribution in [1.29, 1.82) is 0 Å². The van der Waals surface area contributed by atoms with E-state index in [0.717, 1.165) is 69.2 Å². The number of amides is 2. The lowest BCUT2D eigenvalue weighted by Crippen LogP contribution is -2.42. The molecule has 26 heavy (non-hydrogen) atoms. The third-order valence-corrected chi connectivity index (χ3v) is 5.24. The fourth-order valence-electron chi connectivity index (χ4n) is 3.77. The molecule has 2 saturated heterocycles. The van der Waals surface area contributed by atoms with Crippen molar-refractivity contribution in [3.63, 3.8) is 0 Å². The van der Waals surface area contributed by atoms with Crippen LogP contribution in [0.4, 0.5) is 4.79 Å². The van der Waals surface area contributed by atoms with E-state index in [1.807, 2.05) is 23.1 Å². The predicted molar refractivity (Wildman–Crippen MR) is 96.4 cm³/mol. The van der Waals surface area contributed by atoms with Gasteiger partial charge in [0.2, 0.25) is 6.79 Å². The van der Waals surface area contributed by atoms with E-state index >= 15 is 0 Å². The lowest BCUT2D eigenvalue weighted by Gasteiger charge is -2.24. The standard InChI is InChI=1S/C19H27N3O4/c23-19(20-12-15-4-5-17-18(11-15)26-14-25-17)22-7-2-6-21(8-9-22)13-16-3-1-10-24-16/h4-5,11,16H,1-3,6-10,12-14H2,(H,20,23)/t16-/m1/s1. The Hall–Kier alpha value is -1.99. The molecule has 0 bridgehead atoms. The zero-order valence-corrected chi connectivity index (χ0v) is 15.1. The van der Waals surface area contributed by atoms with Gasteiger partial charge in [0.25, 0.3) is 0 Å². The van der Waals surface area contributed by atoms with Crippen LogP contribution in [0.2, 0.25) is 0 Å². The molecule has 0 saturated carbocycles. The first kappa shape index (κ1) is 17.4. The maximum Gasteiger partial charge on any atom is 0.317 e. The van der Waals surface area contributed by atoms with Crippen LogP contribution in [0.3, 0.4) is 0 Å². The second-order valence-corrected chi connectivity index (χ2v) is 7.12. The number of benzene rings is 1. The third kappa shape index (κ3) is 4.22. The number of nitrogens with zero attached hydrogens (tertiary/aromatic N) is 2. The Morgan fingerprint density at radius 3 is 2.92 bits per heavy atom. The van der Waals surface area contributed by atoms with Crippen LogP contribution in [0.15, 0.2) is 18.2 Å². The van der Waals surface area contributed by atoms with Gasteiger partial charge >= 0.3 is 6.03 Å². The van der Waals surface area contributed by atoms with Crippen LogP contribution in [0.25, 0.3) is 0 Å². The SMILES string of the molecule is O=C(NCc1ccc2c(c1)OCO2)N1CCCN(C[C@H]2CCCO2)CC1. The van der Waals surface area contributed by atoms with Gasteiger partial charge in [0, 0.05) is 39.3 Å². The second-order valence-electron chi connectivity index (χ2n) is 7.12. The van der Waals surface area contributed by atoms with Gasteiger partial charge < -0.3 is 24.4 Å². The summed E-state index contributed by atoms with van der Waals surface area (Å²) >= 11 is 0. The molecule has 3 aliphatic heterocycles. The van der Waals surface area contributed by atoms with Crippen LogP contribution >= 0.6 is 0 Å². The average molecular weight is 361 g/mol. The highest BCUT2D eigenvalue weighted by Crippen LogP contribution is 2.32. The lowest BCUT2D eigenvalue weighted by molar-refractivity contribution is 0.0746. The normalized spacial score (nSPS) is 23.1. The van der Waals surface area contributed by atoms with Crippen LogP contribution in [0.1, 0.15) is 24.8 Å². The Labute approximate surface area is 154 Å². The summed E-state index contributed by atoms with van der Waals surface area (Å²) in [6.45, 7) is 6.16. The van der Waals surface area contributed by atoms with Gasteiger partial charge in [0.15, 0.2) is 11.5 Å². The zero-order chi connectivity index (χ0) is 17.8. The first-order valence-corrected chi connectivity index (χ1v) is 9.53. The van der Waals surface area contributed by atoms with Crippen molar-refractivity contribution >= 4 is 6.03 Å². The predicted octanol–water partition coefficient (Wildman–Crippen LogP) is 1.81. The average Bonchev–Trinajstić information content (AvgIpc) is 3.27. The molecule has 3 heterocycles. The van der Waals surface area contributed by atoms with Crippen molar-refractivity contribution in [2.24, 2.45) is 0 Å². The Bertz CT molecular complexity index is 633. The number of hydrogen-bond acceptors (Lipinski definition) is 5. The van der Waals surface area contributed by atoms with E-state index in [4.69, 9.17) is 14.2 Å². The summed E-state index contributed by atoms with van der Waals surface area (Å²) in [4.78, 5) is 16.9. The van der Waals surface area contributed by atoms with E-state index < -0.39 is 0 Å². The summed E-state index contributed by atoms with van der Waals surface area (Å²) in [5.41, 5.74) is 1.01. The number of hydrogen-bond donors (Lipinski definition) is 1. The Kier molecular flexibility index (Phi) is 5.45. The summed E-state index contributed by atoms with van der Waals surface area (Å²) < 4.78 is 16.4. The molecule has 2 fully saturated rings. The molecule has 2 amide bonds. The largest absolute Gasteiger partial charge is 0.454 e. The molecule has 0 spiro atoms. The Morgan fingerprint density at radius 2 is 2.04 bits per heavy atom. The van der Waals surface area contributed by atoms with E-state index in [2.05, 4.69) is 10.2 Å². The first-order chi connectivity index (χ1) is 12.8. The van der Waals surface area contributed by atoms with Crippen molar-refractivity contribution in [2.45, 2.75) is 31.9 Å². The van der Waals surface area contributed by atoms with Gasteiger partial charge in [-0.1, -0.05) is 6.07 Å². The van der Waals surface area contributed by atoms with Gasteiger partial charge in [-0.05, 0) is 43.5 Å². The summed E-state index contributed by atoms with van der Waals surface area (Å²) in [5.74, 6) is 1.51. The van der Waals surface area contributed by atoms with Gasteiger partial charge in [0.05, 0.1) is 6.10 Å². The molecule has 0 unspecified atom stereocenters. The highest BCUT2D eigenvalue weighted by Gasteiger charge is 2.23. The van der Waals surface area contributed by atoms with Crippen molar-refractivity contribution < 1.29 is 19.0 Å². The van der Waals surface area contributed by atoms with Crippen LogP contribution in [0.5, 0.6) is 11.5 Å². The highest BCUT2D eigenvalue weighted by molar-refractivity contribution is 5.74. The number of urea groups is 1. The van der Waals surface area contributed by atoms with Crippen LogP contribution < -0.4 is 14.8 Å². The minimum Gasteiger partial charge on any atom is -0.454 e. The van der Waals surface area contributed by atoms with E-state index in [0.29, 0.717) is 12.6 Å². The van der Waals surface area contributed by atoms with Gasteiger partial charge in [-0.25, -0.2) is 4.79 Å². The molecule has 1 N–H and O–H groups in total. The number of ether oxygens (including phenoxy) is 3. The number of carbonyl (C=O) groups is 1. The molecule has 0 aliphatic carbocycles. The van der Waals surface area contributed by atoms with Crippen molar-refractivity contribution in [2.75, 3.05) is 46.1 Å². The molecule has 7 heteroatoms. The van der Waals surface area contributed by atoms with Crippen LogP contribution in [-0.4, -0.2) is 68.1 Å². The summed E-state index contributed by atoms with van der Waals surface area (Å²) in [6.07, 6.45) is 3.72. The van der Waals surface area contributed by atoms with Gasteiger partial charge in [-0.15, -0.1) is 0 Å². The molecule has 1 atom stereocenters. The number of rotatable bonds is 4. The first-order valence-electron chi connectivity index (χ1n) is 9.53. The maximum absolute atomic E-state index is 12.5. The van der Waals surface area contributed by atoms with Crippen LogP contribution in [-0.2, 0) is 11.3 Å². The van der Waals surface area contributed by atoms with E-state index in [9.17, 15) is 4.79 Å². The number of carbonyl (C=O) groups excluding carboxylic acids is 1.